The van der Waals surface area contributed by atoms with Crippen molar-refractivity contribution in [3.63, 3.8) is 0 Å². The van der Waals surface area contributed by atoms with Crippen molar-refractivity contribution in [2.75, 3.05) is 17.5 Å². The molecule has 0 saturated heterocycles. The second-order valence-electron chi connectivity index (χ2n) is 3.48. The van der Waals surface area contributed by atoms with E-state index in [-0.39, 0.29) is 15.9 Å². The Morgan fingerprint density at radius 2 is 2.00 bits per heavy atom. The highest BCUT2D eigenvalue weighted by molar-refractivity contribution is 7.92. The summed E-state index contributed by atoms with van der Waals surface area (Å²) >= 11 is 0. The molecule has 1 aromatic carbocycles. The first-order chi connectivity index (χ1) is 9.30. The molecule has 0 aliphatic heterocycles. The SMILES string of the molecule is [2H]C([2H])([2H])N(c1ccccc1C(C)C)S(=O)(=O)C([2H])([2H])[2H]. The van der Waals surface area contributed by atoms with Gasteiger partial charge in [0.2, 0.25) is 10.0 Å². The van der Waals surface area contributed by atoms with Gasteiger partial charge >= 0.3 is 0 Å². The van der Waals surface area contributed by atoms with Crippen LogP contribution in [-0.4, -0.2) is 21.6 Å². The third-order valence-corrected chi connectivity index (χ3v) is 2.70. The van der Waals surface area contributed by atoms with Gasteiger partial charge in [0, 0.05) is 15.2 Å². The summed E-state index contributed by atoms with van der Waals surface area (Å²) in [6.07, 6.45) is -3.45. The minimum absolute atomic E-state index is 0.0301. The molecule has 0 amide bonds. The zero-order valence-corrected chi connectivity index (χ0v) is 9.38. The third kappa shape index (κ3) is 2.72. The van der Waals surface area contributed by atoms with Crippen LogP contribution >= 0.6 is 0 Å². The van der Waals surface area contributed by atoms with Crippen LogP contribution in [-0.2, 0) is 10.0 Å². The summed E-state index contributed by atoms with van der Waals surface area (Å²) in [5.41, 5.74) is 0.310. The van der Waals surface area contributed by atoms with E-state index in [2.05, 4.69) is 0 Å². The third-order valence-electron chi connectivity index (χ3n) is 2.02. The predicted octanol–water partition coefficient (Wildman–Crippen LogP) is 2.21. The summed E-state index contributed by atoms with van der Waals surface area (Å²) in [7, 11) is -5.03. The molecule has 0 unspecified atom stereocenters. The van der Waals surface area contributed by atoms with Crippen LogP contribution in [0.1, 0.15) is 33.6 Å². The quantitative estimate of drug-likeness (QED) is 0.802. The van der Waals surface area contributed by atoms with E-state index in [0.717, 1.165) is 0 Å². The molecule has 15 heavy (non-hydrogen) atoms. The highest BCUT2D eigenvalue weighted by Crippen LogP contribution is 2.27. The fourth-order valence-electron chi connectivity index (χ4n) is 1.29. The van der Waals surface area contributed by atoms with Crippen molar-refractivity contribution in [2.45, 2.75) is 19.8 Å². The lowest BCUT2D eigenvalue weighted by molar-refractivity contribution is 0.600. The molecule has 1 aromatic rings. The average Bonchev–Trinajstić information content (AvgIpc) is 2.25. The Bertz CT molecular complexity index is 606. The smallest absolute Gasteiger partial charge is 0.232 e. The lowest BCUT2D eigenvalue weighted by Gasteiger charge is -2.21. The van der Waals surface area contributed by atoms with Crippen LogP contribution in [0, 0.1) is 0 Å². The van der Waals surface area contributed by atoms with Gasteiger partial charge in [-0.15, -0.1) is 0 Å². The molecule has 0 fully saturated rings. The molecule has 0 aromatic heterocycles. The molecule has 0 N–H and O–H groups in total. The molecule has 84 valence electrons. The van der Waals surface area contributed by atoms with Gasteiger partial charge in [-0.2, -0.15) is 0 Å². The Kier molecular flexibility index (Phi) is 1.66. The molecule has 0 atom stereocenters. The van der Waals surface area contributed by atoms with Gasteiger partial charge in [0.15, 0.2) is 0 Å². The Balaban J connectivity index is 3.65. The van der Waals surface area contributed by atoms with Gasteiger partial charge in [0.25, 0.3) is 0 Å². The maximum absolute atomic E-state index is 12.2. The van der Waals surface area contributed by atoms with Gasteiger partial charge in [0.05, 0.1) is 11.9 Å². The lowest BCUT2D eigenvalue weighted by atomic mass is 10.0. The van der Waals surface area contributed by atoms with Crippen LogP contribution in [0.5, 0.6) is 0 Å². The van der Waals surface area contributed by atoms with Crippen molar-refractivity contribution in [3.05, 3.63) is 29.8 Å². The summed E-state index contributed by atoms with van der Waals surface area (Å²) in [5, 5.41) is 0. The maximum Gasteiger partial charge on any atom is 0.232 e. The molecular formula is C11H17NO2S. The second kappa shape index (κ2) is 4.23. The summed E-state index contributed by atoms with van der Waals surface area (Å²) in [6.45, 7) is 0.398. The van der Waals surface area contributed by atoms with Crippen LogP contribution in [0.25, 0.3) is 0 Å². The van der Waals surface area contributed by atoms with Crippen LogP contribution in [0.3, 0.4) is 0 Å². The van der Waals surface area contributed by atoms with Crippen molar-refractivity contribution < 1.29 is 16.6 Å². The molecule has 0 aliphatic rings. The minimum Gasteiger partial charge on any atom is -0.273 e. The van der Waals surface area contributed by atoms with E-state index in [1.165, 1.54) is 12.1 Å². The summed E-state index contributed by atoms with van der Waals surface area (Å²) in [4.78, 5) is 0. The molecular weight excluding hydrogens is 210 g/mol. The summed E-state index contributed by atoms with van der Waals surface area (Å²) < 4.78 is 68.1. The summed E-state index contributed by atoms with van der Waals surface area (Å²) in [6, 6.07) is 5.98. The molecule has 4 heteroatoms. The van der Waals surface area contributed by atoms with Gasteiger partial charge in [-0.25, -0.2) is 8.42 Å². The number of benzene rings is 1. The minimum atomic E-state index is -5.03. The Morgan fingerprint density at radius 1 is 1.33 bits per heavy atom. The zero-order valence-electron chi connectivity index (χ0n) is 14.6. The van der Waals surface area contributed by atoms with Crippen LogP contribution in [0.4, 0.5) is 5.69 Å². The van der Waals surface area contributed by atoms with E-state index >= 15 is 0 Å². The van der Waals surface area contributed by atoms with E-state index in [1.807, 2.05) is 0 Å². The van der Waals surface area contributed by atoms with Crippen LogP contribution < -0.4 is 4.31 Å². The molecule has 0 aliphatic carbocycles. The Labute approximate surface area is 100 Å². The largest absolute Gasteiger partial charge is 0.273 e. The fraction of sp³-hybridized carbons (Fsp3) is 0.455. The standard InChI is InChI=1S/C11H17NO2S/c1-9(2)10-7-5-6-8-11(10)12(3)15(4,13)14/h5-9H,1-4H3/i3D3,4D3. The van der Waals surface area contributed by atoms with E-state index in [4.69, 9.17) is 8.22 Å². The topological polar surface area (TPSA) is 37.4 Å². The number of para-hydroxylation sites is 1. The van der Waals surface area contributed by atoms with Gasteiger partial charge < -0.3 is 0 Å². The van der Waals surface area contributed by atoms with Crippen molar-refractivity contribution >= 4 is 15.7 Å². The number of sulfonamides is 1. The van der Waals surface area contributed by atoms with Crippen molar-refractivity contribution in [1.82, 2.24) is 0 Å². The van der Waals surface area contributed by atoms with E-state index in [0.29, 0.717) is 5.56 Å². The highest BCUT2D eigenvalue weighted by atomic mass is 32.2. The van der Waals surface area contributed by atoms with Gasteiger partial charge in [-0.1, -0.05) is 32.0 Å². The number of anilines is 1. The first-order valence-electron chi connectivity index (χ1n) is 7.44. The van der Waals surface area contributed by atoms with Gasteiger partial charge in [-0.3, -0.25) is 4.31 Å². The number of hydrogen-bond donors (Lipinski definition) is 0. The highest BCUT2D eigenvalue weighted by Gasteiger charge is 2.16. The normalized spacial score (nSPS) is 19.4. The summed E-state index contributed by atoms with van der Waals surface area (Å²) in [5.74, 6) is -0.169. The maximum atomic E-state index is 12.2. The lowest BCUT2D eigenvalue weighted by Crippen LogP contribution is -2.26. The van der Waals surface area contributed by atoms with Crippen LogP contribution in [0.15, 0.2) is 24.3 Å². The molecule has 0 bridgehead atoms. The zero-order chi connectivity index (χ0) is 16.6. The fourth-order valence-corrected chi connectivity index (χ4v) is 1.72. The van der Waals surface area contributed by atoms with E-state index in [1.54, 1.807) is 26.0 Å². The Hall–Kier alpha value is -1.03. The first-order valence-corrected chi connectivity index (χ1v) is 5.88. The number of hydrogen-bond acceptors (Lipinski definition) is 2. The average molecular weight is 233 g/mol. The predicted molar refractivity (Wildman–Crippen MR) is 63.8 cm³/mol. The van der Waals surface area contributed by atoms with Crippen molar-refractivity contribution in [1.29, 1.82) is 0 Å². The molecule has 1 rings (SSSR count). The van der Waals surface area contributed by atoms with Crippen LogP contribution in [0.2, 0.25) is 0 Å². The van der Waals surface area contributed by atoms with Gasteiger partial charge in [0.1, 0.15) is 0 Å². The Morgan fingerprint density at radius 3 is 2.53 bits per heavy atom. The molecule has 0 spiro atoms. The first kappa shape index (κ1) is 5.89. The van der Waals surface area contributed by atoms with E-state index < -0.39 is 23.2 Å². The molecule has 0 saturated carbocycles. The van der Waals surface area contributed by atoms with Crippen molar-refractivity contribution in [2.24, 2.45) is 0 Å². The molecule has 0 radical (unpaired) electrons. The molecule has 3 nitrogen and oxygen atoms in total. The van der Waals surface area contributed by atoms with Crippen molar-refractivity contribution in [3.8, 4) is 0 Å². The number of rotatable bonds is 3. The monoisotopic (exact) mass is 233 g/mol. The van der Waals surface area contributed by atoms with E-state index in [9.17, 15) is 8.42 Å². The van der Waals surface area contributed by atoms with Gasteiger partial charge in [-0.05, 0) is 17.5 Å². The second-order valence-corrected chi connectivity index (χ2v) is 4.80. The number of nitrogens with zero attached hydrogens (tertiary/aromatic N) is 1. The molecule has 0 heterocycles.